The quantitative estimate of drug-likeness (QED) is 0.851. The summed E-state index contributed by atoms with van der Waals surface area (Å²) in [6.07, 6.45) is 5.14. The van der Waals surface area contributed by atoms with Crippen molar-refractivity contribution in [2.24, 2.45) is 5.73 Å². The number of ether oxygens (including phenoxy) is 1. The van der Waals surface area contributed by atoms with Gasteiger partial charge in [0.25, 0.3) is 0 Å². The van der Waals surface area contributed by atoms with E-state index >= 15 is 0 Å². The van der Waals surface area contributed by atoms with Gasteiger partial charge in [0.2, 0.25) is 0 Å². The second-order valence-electron chi connectivity index (χ2n) is 4.39. The summed E-state index contributed by atoms with van der Waals surface area (Å²) in [5.74, 6) is 1.66. The molecule has 0 aliphatic carbocycles. The molecule has 1 unspecified atom stereocenters. The summed E-state index contributed by atoms with van der Waals surface area (Å²) < 4.78 is 5.41. The minimum atomic E-state index is 0.368. The van der Waals surface area contributed by atoms with Crippen molar-refractivity contribution in [2.45, 2.75) is 32.2 Å². The molecule has 1 aromatic heterocycles. The molecule has 0 aromatic carbocycles. The number of nitrogens with two attached hydrogens (primary N) is 1. The lowest BCUT2D eigenvalue weighted by Crippen LogP contribution is -2.44. The van der Waals surface area contributed by atoms with E-state index in [1.54, 1.807) is 13.4 Å². The van der Waals surface area contributed by atoms with E-state index < -0.39 is 0 Å². The Morgan fingerprint density at radius 3 is 3.00 bits per heavy atom. The molecule has 5 heteroatoms. The number of hydrogen-bond acceptors (Lipinski definition) is 5. The van der Waals surface area contributed by atoms with Crippen molar-refractivity contribution in [3.05, 3.63) is 12.0 Å². The molecule has 1 aliphatic heterocycles. The summed E-state index contributed by atoms with van der Waals surface area (Å²) in [7, 11) is 1.66. The lowest BCUT2D eigenvalue weighted by Gasteiger charge is -2.36. The Bertz CT molecular complexity index is 383. The summed E-state index contributed by atoms with van der Waals surface area (Å²) in [4.78, 5) is 10.8. The van der Waals surface area contributed by atoms with Crippen molar-refractivity contribution in [1.29, 1.82) is 0 Å². The first-order valence-electron chi connectivity index (χ1n) is 6.10. The van der Waals surface area contributed by atoms with E-state index in [1.807, 2.05) is 6.92 Å². The summed E-state index contributed by atoms with van der Waals surface area (Å²) >= 11 is 0. The predicted molar refractivity (Wildman–Crippen MR) is 67.4 cm³/mol. The molecule has 1 aliphatic rings. The van der Waals surface area contributed by atoms with Gasteiger partial charge in [-0.3, -0.25) is 0 Å². The fraction of sp³-hybridized carbons (Fsp3) is 0.667. The van der Waals surface area contributed by atoms with Gasteiger partial charge in [-0.05, 0) is 26.2 Å². The molecule has 5 nitrogen and oxygen atoms in total. The van der Waals surface area contributed by atoms with E-state index in [4.69, 9.17) is 10.5 Å². The average Bonchev–Trinajstić information content (AvgIpc) is 2.38. The van der Waals surface area contributed by atoms with Gasteiger partial charge in [0, 0.05) is 19.1 Å². The third kappa shape index (κ3) is 2.34. The molecular weight excluding hydrogens is 216 g/mol. The van der Waals surface area contributed by atoms with E-state index in [9.17, 15) is 0 Å². The lowest BCUT2D eigenvalue weighted by atomic mass is 10.0. The highest BCUT2D eigenvalue weighted by atomic mass is 16.5. The van der Waals surface area contributed by atoms with Gasteiger partial charge in [-0.1, -0.05) is 0 Å². The first-order valence-corrected chi connectivity index (χ1v) is 6.10. The molecule has 1 fully saturated rings. The van der Waals surface area contributed by atoms with Crippen molar-refractivity contribution >= 4 is 5.82 Å². The monoisotopic (exact) mass is 236 g/mol. The smallest absolute Gasteiger partial charge is 0.182 e. The topological polar surface area (TPSA) is 64.3 Å². The number of piperidine rings is 1. The van der Waals surface area contributed by atoms with Crippen molar-refractivity contribution in [3.8, 4) is 5.75 Å². The molecule has 17 heavy (non-hydrogen) atoms. The van der Waals surface area contributed by atoms with Crippen LogP contribution in [0.25, 0.3) is 0 Å². The van der Waals surface area contributed by atoms with E-state index in [1.165, 1.54) is 12.8 Å². The lowest BCUT2D eigenvalue weighted by molar-refractivity contribution is 0.396. The van der Waals surface area contributed by atoms with Crippen LogP contribution in [-0.4, -0.2) is 36.2 Å². The molecule has 2 N–H and O–H groups in total. The molecule has 0 spiro atoms. The molecule has 94 valence electrons. The third-order valence-electron chi connectivity index (χ3n) is 3.34. The summed E-state index contributed by atoms with van der Waals surface area (Å²) in [6, 6.07) is 0.368. The third-order valence-corrected chi connectivity index (χ3v) is 3.34. The van der Waals surface area contributed by atoms with Crippen LogP contribution in [0, 0.1) is 6.92 Å². The number of nitrogens with zero attached hydrogens (tertiary/aromatic N) is 3. The van der Waals surface area contributed by atoms with Gasteiger partial charge in [0.1, 0.15) is 6.33 Å². The van der Waals surface area contributed by atoms with E-state index in [-0.39, 0.29) is 0 Å². The van der Waals surface area contributed by atoms with Crippen LogP contribution in [0.5, 0.6) is 5.75 Å². The Kier molecular flexibility index (Phi) is 3.78. The standard InChI is InChI=1S/C12H20N4O/c1-9-11(17-2)12(15-8-14-9)16-6-4-3-5-10(16)7-13/h8,10H,3-7,13H2,1-2H3. The SMILES string of the molecule is COc1c(C)ncnc1N1CCCCC1CN. The van der Waals surface area contributed by atoms with Gasteiger partial charge in [-0.2, -0.15) is 0 Å². The molecule has 1 atom stereocenters. The Balaban J connectivity index is 2.34. The van der Waals surface area contributed by atoms with Gasteiger partial charge >= 0.3 is 0 Å². The highest BCUT2D eigenvalue weighted by molar-refractivity contribution is 5.55. The molecule has 0 bridgehead atoms. The molecule has 0 amide bonds. The van der Waals surface area contributed by atoms with Crippen LogP contribution in [0.2, 0.25) is 0 Å². The Morgan fingerprint density at radius 2 is 2.29 bits per heavy atom. The largest absolute Gasteiger partial charge is 0.491 e. The number of methoxy groups -OCH3 is 1. The molecule has 1 saturated heterocycles. The van der Waals surface area contributed by atoms with Gasteiger partial charge in [-0.25, -0.2) is 9.97 Å². The van der Waals surface area contributed by atoms with Gasteiger partial charge < -0.3 is 15.4 Å². The van der Waals surface area contributed by atoms with Crippen molar-refractivity contribution in [1.82, 2.24) is 9.97 Å². The number of rotatable bonds is 3. The maximum atomic E-state index is 5.83. The zero-order valence-corrected chi connectivity index (χ0v) is 10.5. The van der Waals surface area contributed by atoms with Crippen LogP contribution in [-0.2, 0) is 0 Å². The highest BCUT2D eigenvalue weighted by Gasteiger charge is 2.25. The zero-order valence-electron chi connectivity index (χ0n) is 10.5. The number of aryl methyl sites for hydroxylation is 1. The minimum Gasteiger partial charge on any atom is -0.491 e. The van der Waals surface area contributed by atoms with Crippen LogP contribution in [0.15, 0.2) is 6.33 Å². The molecule has 2 heterocycles. The van der Waals surface area contributed by atoms with Crippen molar-refractivity contribution in [2.75, 3.05) is 25.1 Å². The molecular formula is C12H20N4O. The van der Waals surface area contributed by atoms with Crippen LogP contribution in [0.4, 0.5) is 5.82 Å². The number of aromatic nitrogens is 2. The highest BCUT2D eigenvalue weighted by Crippen LogP contribution is 2.31. The first kappa shape index (κ1) is 12.1. The molecule has 2 rings (SSSR count). The van der Waals surface area contributed by atoms with Crippen molar-refractivity contribution < 1.29 is 4.74 Å². The van der Waals surface area contributed by atoms with Crippen LogP contribution >= 0.6 is 0 Å². The molecule has 0 radical (unpaired) electrons. The number of hydrogen-bond donors (Lipinski definition) is 1. The van der Waals surface area contributed by atoms with Crippen molar-refractivity contribution in [3.63, 3.8) is 0 Å². The Hall–Kier alpha value is -1.36. The van der Waals surface area contributed by atoms with Gasteiger partial charge in [0.15, 0.2) is 11.6 Å². The first-order chi connectivity index (χ1) is 8.27. The fourth-order valence-corrected chi connectivity index (χ4v) is 2.42. The Labute approximate surface area is 102 Å². The summed E-state index contributed by atoms with van der Waals surface area (Å²) in [5, 5.41) is 0. The summed E-state index contributed by atoms with van der Waals surface area (Å²) in [6.45, 7) is 3.59. The second kappa shape index (κ2) is 5.31. The number of anilines is 1. The maximum Gasteiger partial charge on any atom is 0.182 e. The predicted octanol–water partition coefficient (Wildman–Crippen LogP) is 1.11. The van der Waals surface area contributed by atoms with Gasteiger partial charge in [0.05, 0.1) is 12.8 Å². The Morgan fingerprint density at radius 1 is 1.47 bits per heavy atom. The average molecular weight is 236 g/mol. The fourth-order valence-electron chi connectivity index (χ4n) is 2.42. The van der Waals surface area contributed by atoms with Crippen LogP contribution in [0.3, 0.4) is 0 Å². The molecule has 0 saturated carbocycles. The minimum absolute atomic E-state index is 0.368. The molecule has 1 aromatic rings. The van der Waals surface area contributed by atoms with E-state index in [2.05, 4.69) is 14.9 Å². The summed E-state index contributed by atoms with van der Waals surface area (Å²) in [5.41, 5.74) is 6.71. The maximum absolute atomic E-state index is 5.83. The van der Waals surface area contributed by atoms with E-state index in [0.29, 0.717) is 12.6 Å². The van der Waals surface area contributed by atoms with Crippen LogP contribution in [0.1, 0.15) is 25.0 Å². The second-order valence-corrected chi connectivity index (χ2v) is 4.39. The van der Waals surface area contributed by atoms with E-state index in [0.717, 1.165) is 30.2 Å². The van der Waals surface area contributed by atoms with Gasteiger partial charge in [-0.15, -0.1) is 0 Å². The van der Waals surface area contributed by atoms with Crippen LogP contribution < -0.4 is 15.4 Å². The zero-order chi connectivity index (χ0) is 12.3. The normalized spacial score (nSPS) is 20.4.